The first kappa shape index (κ1) is 17.6. The zero-order valence-electron chi connectivity index (χ0n) is 12.6. The lowest BCUT2D eigenvalue weighted by molar-refractivity contribution is -0.141. The second kappa shape index (κ2) is 8.76. The van der Waals surface area contributed by atoms with Crippen LogP contribution in [0.15, 0.2) is 24.3 Å². The number of rotatable bonds is 7. The lowest BCUT2D eigenvalue weighted by Crippen LogP contribution is -2.38. The third-order valence-corrected chi connectivity index (χ3v) is 3.01. The molecule has 0 atom stereocenters. The van der Waals surface area contributed by atoms with Gasteiger partial charge in [0.15, 0.2) is 0 Å². The van der Waals surface area contributed by atoms with Crippen LogP contribution < -0.4 is 5.32 Å². The van der Waals surface area contributed by atoms with Gasteiger partial charge in [0.1, 0.15) is 5.82 Å². The largest absolute Gasteiger partial charge is 0.469 e. The maximum absolute atomic E-state index is 13.0. The smallest absolute Gasteiger partial charge is 0.305 e. The predicted molar refractivity (Wildman–Crippen MR) is 77.6 cm³/mol. The molecule has 1 N–H and O–H groups in total. The van der Waals surface area contributed by atoms with Crippen molar-refractivity contribution in [1.29, 1.82) is 0 Å². The van der Waals surface area contributed by atoms with Gasteiger partial charge in [0.2, 0.25) is 5.91 Å². The number of nitrogens with one attached hydrogen (secondary N) is 1. The third-order valence-electron chi connectivity index (χ3n) is 3.01. The van der Waals surface area contributed by atoms with Gasteiger partial charge in [0.05, 0.1) is 13.7 Å². The van der Waals surface area contributed by atoms with Crippen LogP contribution in [0.4, 0.5) is 4.39 Å². The number of halogens is 1. The zero-order valence-corrected chi connectivity index (χ0v) is 12.6. The molecule has 22 heavy (non-hydrogen) atoms. The minimum atomic E-state index is -0.518. The van der Waals surface area contributed by atoms with Crippen molar-refractivity contribution in [2.75, 3.05) is 27.2 Å². The lowest BCUT2D eigenvalue weighted by Gasteiger charge is -2.17. The van der Waals surface area contributed by atoms with Gasteiger partial charge in [-0.2, -0.15) is 0 Å². The first-order valence-electron chi connectivity index (χ1n) is 6.78. The molecule has 0 spiro atoms. The van der Waals surface area contributed by atoms with Crippen LogP contribution in [0.5, 0.6) is 0 Å². The van der Waals surface area contributed by atoms with Gasteiger partial charge in [-0.25, -0.2) is 4.39 Å². The van der Waals surface area contributed by atoms with Crippen molar-refractivity contribution in [3.05, 3.63) is 35.6 Å². The van der Waals surface area contributed by atoms with E-state index >= 15 is 0 Å². The van der Waals surface area contributed by atoms with Gasteiger partial charge < -0.3 is 15.0 Å². The number of nitrogens with zero attached hydrogens (tertiary/aromatic N) is 1. The van der Waals surface area contributed by atoms with Crippen molar-refractivity contribution in [3.63, 3.8) is 0 Å². The molecule has 1 rings (SSSR count). The van der Waals surface area contributed by atoms with Gasteiger partial charge in [-0.15, -0.1) is 0 Å². The molecule has 0 saturated carbocycles. The second-order valence-electron chi connectivity index (χ2n) is 4.69. The Morgan fingerprint density at radius 2 is 2.05 bits per heavy atom. The molecule has 0 aliphatic carbocycles. The Morgan fingerprint density at radius 3 is 2.68 bits per heavy atom. The quantitative estimate of drug-likeness (QED) is 0.761. The summed E-state index contributed by atoms with van der Waals surface area (Å²) in [5.41, 5.74) is 0.154. The number of esters is 1. The van der Waals surface area contributed by atoms with Crippen molar-refractivity contribution < 1.29 is 23.5 Å². The Balaban J connectivity index is 2.35. The number of ether oxygens (including phenoxy) is 1. The van der Waals surface area contributed by atoms with Gasteiger partial charge in [-0.1, -0.05) is 6.07 Å². The summed E-state index contributed by atoms with van der Waals surface area (Å²) in [5.74, 6) is -1.66. The van der Waals surface area contributed by atoms with Gasteiger partial charge in [0.25, 0.3) is 5.91 Å². The summed E-state index contributed by atoms with van der Waals surface area (Å²) < 4.78 is 17.5. The lowest BCUT2D eigenvalue weighted by atomic mass is 10.2. The van der Waals surface area contributed by atoms with Crippen LogP contribution in [-0.2, 0) is 14.3 Å². The molecule has 1 aromatic rings. The van der Waals surface area contributed by atoms with Gasteiger partial charge in [-0.3, -0.25) is 14.4 Å². The highest BCUT2D eigenvalue weighted by molar-refractivity contribution is 5.96. The van der Waals surface area contributed by atoms with E-state index in [1.165, 1.54) is 30.2 Å². The number of methoxy groups -OCH3 is 1. The normalized spacial score (nSPS) is 9.95. The van der Waals surface area contributed by atoms with Gasteiger partial charge in [0, 0.05) is 25.6 Å². The minimum absolute atomic E-state index is 0.154. The maximum Gasteiger partial charge on any atom is 0.305 e. The zero-order chi connectivity index (χ0) is 16.5. The summed E-state index contributed by atoms with van der Waals surface area (Å²) in [5, 5.41) is 2.43. The van der Waals surface area contributed by atoms with Crippen molar-refractivity contribution in [3.8, 4) is 0 Å². The van der Waals surface area contributed by atoms with E-state index in [4.69, 9.17) is 0 Å². The number of carbonyl (C=O) groups excluding carboxylic acids is 3. The van der Waals surface area contributed by atoms with Crippen molar-refractivity contribution in [1.82, 2.24) is 10.2 Å². The number of carbonyl (C=O) groups is 3. The van der Waals surface area contributed by atoms with Crippen molar-refractivity contribution in [2.24, 2.45) is 0 Å². The van der Waals surface area contributed by atoms with E-state index in [2.05, 4.69) is 10.1 Å². The number of benzene rings is 1. The first-order valence-corrected chi connectivity index (χ1v) is 6.78. The monoisotopic (exact) mass is 310 g/mol. The highest BCUT2D eigenvalue weighted by Crippen LogP contribution is 2.03. The van der Waals surface area contributed by atoms with E-state index in [1.807, 2.05) is 0 Å². The molecule has 0 saturated heterocycles. The molecule has 0 heterocycles. The summed E-state index contributed by atoms with van der Waals surface area (Å²) in [6, 6.07) is 5.21. The topological polar surface area (TPSA) is 75.7 Å². The second-order valence-corrected chi connectivity index (χ2v) is 4.69. The number of likely N-dealkylation sites (N-methyl/N-ethyl adjacent to an activating group) is 1. The average Bonchev–Trinajstić information content (AvgIpc) is 2.51. The van der Waals surface area contributed by atoms with Crippen LogP contribution in [0, 0.1) is 5.82 Å². The van der Waals surface area contributed by atoms with Crippen LogP contribution in [0.25, 0.3) is 0 Å². The molecular weight excluding hydrogens is 291 g/mol. The number of hydrogen-bond acceptors (Lipinski definition) is 4. The van der Waals surface area contributed by atoms with Gasteiger partial charge in [-0.05, 0) is 24.6 Å². The minimum Gasteiger partial charge on any atom is -0.469 e. The predicted octanol–water partition coefficient (Wildman–Crippen LogP) is 0.967. The Kier molecular flexibility index (Phi) is 7.01. The van der Waals surface area contributed by atoms with E-state index in [1.54, 1.807) is 7.05 Å². The van der Waals surface area contributed by atoms with Crippen LogP contribution in [0.1, 0.15) is 23.2 Å². The Bertz CT molecular complexity index is 548. The van der Waals surface area contributed by atoms with Crippen molar-refractivity contribution in [2.45, 2.75) is 12.8 Å². The highest BCUT2D eigenvalue weighted by atomic mass is 19.1. The molecule has 0 unspecified atom stereocenters. The van der Waals surface area contributed by atoms with E-state index in [0.717, 1.165) is 6.07 Å². The van der Waals surface area contributed by atoms with E-state index in [9.17, 15) is 18.8 Å². The Labute approximate surface area is 128 Å². The van der Waals surface area contributed by atoms with Gasteiger partial charge >= 0.3 is 5.97 Å². The van der Waals surface area contributed by atoms with Crippen LogP contribution in [-0.4, -0.2) is 49.9 Å². The van der Waals surface area contributed by atoms with E-state index < -0.39 is 11.7 Å². The molecule has 0 aromatic heterocycles. The molecule has 7 heteroatoms. The van der Waals surface area contributed by atoms with Crippen molar-refractivity contribution >= 4 is 17.8 Å². The molecule has 120 valence electrons. The highest BCUT2D eigenvalue weighted by Gasteiger charge is 2.12. The Morgan fingerprint density at radius 1 is 1.32 bits per heavy atom. The van der Waals surface area contributed by atoms with E-state index in [0.29, 0.717) is 13.0 Å². The summed E-state index contributed by atoms with van der Waals surface area (Å²) in [4.78, 5) is 35.9. The molecule has 0 bridgehead atoms. The van der Waals surface area contributed by atoms with Crippen LogP contribution in [0.2, 0.25) is 0 Å². The molecule has 2 amide bonds. The summed E-state index contributed by atoms with van der Waals surface area (Å²) in [6.07, 6.45) is 0.705. The molecular formula is C15H19FN2O4. The summed E-state index contributed by atoms with van der Waals surface area (Å²) in [7, 11) is 2.88. The average molecular weight is 310 g/mol. The Hall–Kier alpha value is -2.44. The fraction of sp³-hybridized carbons (Fsp3) is 0.400. The van der Waals surface area contributed by atoms with Crippen LogP contribution in [0.3, 0.4) is 0 Å². The fourth-order valence-electron chi connectivity index (χ4n) is 1.71. The third kappa shape index (κ3) is 5.90. The summed E-state index contributed by atoms with van der Waals surface area (Å²) in [6.45, 7) is 0.188. The number of hydrogen-bond donors (Lipinski definition) is 1. The maximum atomic E-state index is 13.0. The van der Waals surface area contributed by atoms with E-state index in [-0.39, 0.29) is 30.4 Å². The summed E-state index contributed by atoms with van der Waals surface area (Å²) >= 11 is 0. The molecule has 0 fully saturated rings. The molecule has 6 nitrogen and oxygen atoms in total. The fourth-order valence-corrected chi connectivity index (χ4v) is 1.71. The molecule has 0 aliphatic rings. The SMILES string of the molecule is COC(=O)CCCN(C)C(=O)CNC(=O)c1cccc(F)c1. The molecule has 0 radical (unpaired) electrons. The van der Waals surface area contributed by atoms with Crippen LogP contribution >= 0.6 is 0 Å². The molecule has 1 aromatic carbocycles. The molecule has 0 aliphatic heterocycles. The standard InChI is InChI=1S/C15H19FN2O4/c1-18(8-4-7-14(20)22-2)13(19)10-17-15(21)11-5-3-6-12(16)9-11/h3,5-6,9H,4,7-8,10H2,1-2H3,(H,17,21). The first-order chi connectivity index (χ1) is 10.4. The number of amides is 2.